The van der Waals surface area contributed by atoms with Crippen LogP contribution in [-0.4, -0.2) is 56.7 Å². The molecule has 0 fully saturated rings. The van der Waals surface area contributed by atoms with Crippen molar-refractivity contribution in [2.75, 3.05) is 14.2 Å². The van der Waals surface area contributed by atoms with Gasteiger partial charge in [0, 0.05) is 16.0 Å². The molecule has 0 aliphatic heterocycles. The Kier molecular flexibility index (Phi) is 8.10. The van der Waals surface area contributed by atoms with Crippen molar-refractivity contribution in [2.45, 2.75) is 45.4 Å². The van der Waals surface area contributed by atoms with Crippen molar-refractivity contribution in [3.05, 3.63) is 64.7 Å². The zero-order chi connectivity index (χ0) is 27.3. The van der Waals surface area contributed by atoms with E-state index in [1.807, 2.05) is 38.3 Å². The molecule has 0 spiro atoms. The van der Waals surface area contributed by atoms with Crippen LogP contribution in [-0.2, 0) is 22.7 Å². The molecule has 200 valence electrons. The lowest BCUT2D eigenvalue weighted by atomic mass is 10.1. The number of carbonyl (C=O) groups is 2. The number of aromatic nitrogens is 4. The molecule has 12 heteroatoms. The Hall–Kier alpha value is -4.19. The van der Waals surface area contributed by atoms with E-state index in [9.17, 15) is 9.59 Å². The molecular weight excluding hydrogens is 508 g/mol. The number of benzene rings is 1. The SMILES string of the molecule is COc1ccc(-c2nnn(CC(=O)N(Cc3ccco3)[C@H](C(=O)NC(C)(C)C)c3cccs3)n2)cc1OC. The van der Waals surface area contributed by atoms with Crippen molar-refractivity contribution >= 4 is 23.2 Å². The number of hydrogen-bond donors (Lipinski definition) is 1. The number of rotatable bonds is 10. The number of amides is 2. The standard InChI is InChI=1S/C26H30N6O5S/c1-26(2,3)27-25(34)23(21-9-7-13-38-21)31(15-18-8-6-12-37-18)22(33)16-32-29-24(28-30-32)17-10-11-19(35-4)20(14-17)36-5/h6-14,23H,15-16H2,1-5H3,(H,27,34)/t23-/m0/s1. The van der Waals surface area contributed by atoms with E-state index >= 15 is 0 Å². The molecule has 4 rings (SSSR count). The molecule has 3 heterocycles. The molecule has 0 bridgehead atoms. The first-order chi connectivity index (χ1) is 18.2. The van der Waals surface area contributed by atoms with Crippen molar-refractivity contribution in [2.24, 2.45) is 0 Å². The van der Waals surface area contributed by atoms with E-state index in [1.54, 1.807) is 37.4 Å². The van der Waals surface area contributed by atoms with Gasteiger partial charge in [0.1, 0.15) is 18.3 Å². The highest BCUT2D eigenvalue weighted by Crippen LogP contribution is 2.31. The molecule has 38 heavy (non-hydrogen) atoms. The van der Waals surface area contributed by atoms with Crippen molar-refractivity contribution < 1.29 is 23.5 Å². The average molecular weight is 539 g/mol. The monoisotopic (exact) mass is 538 g/mol. The zero-order valence-corrected chi connectivity index (χ0v) is 22.7. The first kappa shape index (κ1) is 26.9. The lowest BCUT2D eigenvalue weighted by molar-refractivity contribution is -0.143. The number of nitrogens with one attached hydrogen (secondary N) is 1. The summed E-state index contributed by atoms with van der Waals surface area (Å²) in [6, 6.07) is 11.6. The third-order valence-corrected chi connectivity index (χ3v) is 6.39. The average Bonchev–Trinajstić information content (AvgIpc) is 3.66. The first-order valence-corrected chi connectivity index (χ1v) is 12.7. The fraction of sp³-hybridized carbons (Fsp3) is 0.346. The highest BCUT2D eigenvalue weighted by Gasteiger charge is 2.35. The van der Waals surface area contributed by atoms with Crippen LogP contribution in [0.3, 0.4) is 0 Å². The lowest BCUT2D eigenvalue weighted by Crippen LogP contribution is -2.49. The fourth-order valence-corrected chi connectivity index (χ4v) is 4.65. The summed E-state index contributed by atoms with van der Waals surface area (Å²) in [5.41, 5.74) is 0.156. The third kappa shape index (κ3) is 6.38. The topological polar surface area (TPSA) is 125 Å². The van der Waals surface area contributed by atoms with Crippen molar-refractivity contribution in [3.63, 3.8) is 0 Å². The number of furan rings is 1. The molecule has 0 saturated carbocycles. The number of methoxy groups -OCH3 is 2. The number of nitrogens with zero attached hydrogens (tertiary/aromatic N) is 5. The summed E-state index contributed by atoms with van der Waals surface area (Å²) in [6.07, 6.45) is 1.53. The van der Waals surface area contributed by atoms with Crippen LogP contribution in [0.2, 0.25) is 0 Å². The van der Waals surface area contributed by atoms with Gasteiger partial charge in [-0.15, -0.1) is 21.5 Å². The Labute approximate surface area is 224 Å². The van der Waals surface area contributed by atoms with Gasteiger partial charge in [0.15, 0.2) is 11.5 Å². The third-order valence-electron chi connectivity index (χ3n) is 5.47. The Morgan fingerprint density at radius 1 is 1.13 bits per heavy atom. The second kappa shape index (κ2) is 11.5. The van der Waals surface area contributed by atoms with Gasteiger partial charge in [-0.2, -0.15) is 4.80 Å². The maximum atomic E-state index is 13.7. The number of thiophene rings is 1. The lowest BCUT2D eigenvalue weighted by Gasteiger charge is -2.32. The van der Waals surface area contributed by atoms with E-state index in [-0.39, 0.29) is 24.9 Å². The van der Waals surface area contributed by atoms with E-state index in [0.717, 1.165) is 4.88 Å². The Morgan fingerprint density at radius 3 is 2.55 bits per heavy atom. The smallest absolute Gasteiger partial charge is 0.248 e. The van der Waals surface area contributed by atoms with E-state index in [0.29, 0.717) is 28.6 Å². The summed E-state index contributed by atoms with van der Waals surface area (Å²) in [4.78, 5) is 30.6. The van der Waals surface area contributed by atoms with E-state index in [2.05, 4.69) is 20.7 Å². The number of carbonyl (C=O) groups excluding carboxylic acids is 2. The van der Waals surface area contributed by atoms with Crippen LogP contribution in [0, 0.1) is 0 Å². The predicted octanol–water partition coefficient (Wildman–Crippen LogP) is 3.70. The van der Waals surface area contributed by atoms with Crippen LogP contribution >= 0.6 is 11.3 Å². The molecule has 0 aliphatic carbocycles. The van der Waals surface area contributed by atoms with Gasteiger partial charge in [-0.1, -0.05) is 6.07 Å². The molecule has 1 atom stereocenters. The molecule has 11 nitrogen and oxygen atoms in total. The zero-order valence-electron chi connectivity index (χ0n) is 21.9. The van der Waals surface area contributed by atoms with Gasteiger partial charge in [-0.25, -0.2) is 0 Å². The number of tetrazole rings is 1. The van der Waals surface area contributed by atoms with Crippen LogP contribution in [0.5, 0.6) is 11.5 Å². The molecule has 3 aromatic heterocycles. The maximum Gasteiger partial charge on any atom is 0.248 e. The second-order valence-corrected chi connectivity index (χ2v) is 10.5. The molecule has 2 amide bonds. The molecule has 0 radical (unpaired) electrons. The van der Waals surface area contributed by atoms with Crippen LogP contribution in [0.4, 0.5) is 0 Å². The van der Waals surface area contributed by atoms with Gasteiger partial charge in [0.25, 0.3) is 0 Å². The summed E-state index contributed by atoms with van der Waals surface area (Å²) in [6.45, 7) is 5.53. The van der Waals surface area contributed by atoms with Crippen molar-refractivity contribution in [1.82, 2.24) is 30.4 Å². The summed E-state index contributed by atoms with van der Waals surface area (Å²) in [5.74, 6) is 1.28. The minimum atomic E-state index is -0.874. The highest BCUT2D eigenvalue weighted by atomic mass is 32.1. The quantitative estimate of drug-likeness (QED) is 0.324. The minimum Gasteiger partial charge on any atom is -0.493 e. The van der Waals surface area contributed by atoms with E-state index in [4.69, 9.17) is 13.9 Å². The van der Waals surface area contributed by atoms with Crippen LogP contribution in [0.15, 0.2) is 58.5 Å². The van der Waals surface area contributed by atoms with Gasteiger partial charge in [-0.05, 0) is 67.8 Å². The van der Waals surface area contributed by atoms with Crippen molar-refractivity contribution in [1.29, 1.82) is 0 Å². The summed E-state index contributed by atoms with van der Waals surface area (Å²) in [7, 11) is 3.09. The van der Waals surface area contributed by atoms with Crippen molar-refractivity contribution in [3.8, 4) is 22.9 Å². The number of hydrogen-bond acceptors (Lipinski definition) is 9. The Morgan fingerprint density at radius 2 is 1.92 bits per heavy atom. The normalized spacial score (nSPS) is 12.1. The minimum absolute atomic E-state index is 0.0865. The number of ether oxygens (including phenoxy) is 2. The van der Waals surface area contributed by atoms with Crippen LogP contribution in [0.25, 0.3) is 11.4 Å². The molecule has 0 unspecified atom stereocenters. The molecule has 0 saturated heterocycles. The van der Waals surface area contributed by atoms with Gasteiger partial charge in [0.2, 0.25) is 17.6 Å². The summed E-state index contributed by atoms with van der Waals surface area (Å²) >= 11 is 1.40. The first-order valence-electron chi connectivity index (χ1n) is 11.9. The maximum absolute atomic E-state index is 13.7. The largest absolute Gasteiger partial charge is 0.493 e. The van der Waals surface area contributed by atoms with Crippen LogP contribution < -0.4 is 14.8 Å². The van der Waals surface area contributed by atoms with Gasteiger partial charge >= 0.3 is 0 Å². The summed E-state index contributed by atoms with van der Waals surface area (Å²) < 4.78 is 16.2. The molecular formula is C26H30N6O5S. The second-order valence-electron chi connectivity index (χ2n) is 9.47. The predicted molar refractivity (Wildman–Crippen MR) is 141 cm³/mol. The Balaban J connectivity index is 1.62. The van der Waals surface area contributed by atoms with Gasteiger partial charge < -0.3 is 24.1 Å². The van der Waals surface area contributed by atoms with Crippen LogP contribution in [0.1, 0.15) is 37.5 Å². The van der Waals surface area contributed by atoms with E-state index in [1.165, 1.54) is 34.4 Å². The van der Waals surface area contributed by atoms with Gasteiger partial charge in [-0.3, -0.25) is 9.59 Å². The molecule has 4 aromatic rings. The summed E-state index contributed by atoms with van der Waals surface area (Å²) in [5, 5.41) is 17.4. The Bertz CT molecular complexity index is 1360. The fourth-order valence-electron chi connectivity index (χ4n) is 3.82. The van der Waals surface area contributed by atoms with E-state index < -0.39 is 11.6 Å². The molecule has 0 aliphatic rings. The molecule has 1 N–H and O–H groups in total. The highest BCUT2D eigenvalue weighted by molar-refractivity contribution is 7.10. The van der Waals surface area contributed by atoms with Gasteiger partial charge in [0.05, 0.1) is 27.0 Å². The molecule has 1 aromatic carbocycles.